The Morgan fingerprint density at radius 3 is 1.59 bits per heavy atom. The Morgan fingerprint density at radius 1 is 0.690 bits per heavy atom. The lowest BCUT2D eigenvalue weighted by atomic mass is 9.82. The summed E-state index contributed by atoms with van der Waals surface area (Å²) in [6.45, 7) is 8.14. The summed E-state index contributed by atoms with van der Waals surface area (Å²) in [5, 5.41) is 0. The molecule has 3 nitrogen and oxygen atoms in total. The van der Waals surface area contributed by atoms with Gasteiger partial charge in [-0.25, -0.2) is 0 Å². The quantitative estimate of drug-likeness (QED) is 0.388. The summed E-state index contributed by atoms with van der Waals surface area (Å²) < 4.78 is 10.9. The van der Waals surface area contributed by atoms with E-state index in [1.165, 1.54) is 16.7 Å². The van der Waals surface area contributed by atoms with Crippen molar-refractivity contribution in [3.05, 3.63) is 93.0 Å². The van der Waals surface area contributed by atoms with Crippen LogP contribution < -0.4 is 9.47 Å². The van der Waals surface area contributed by atoms with Crippen LogP contribution in [-0.4, -0.2) is 20.5 Å². The predicted molar refractivity (Wildman–Crippen MR) is 118 cm³/mol. The maximum absolute atomic E-state index is 11.5. The number of carbonyl (C=O) groups is 1. The standard InChI is InChI=1S/C26H28O3/c1-16-11-21(12-17(2)24(16)15-27)25(20-7-9-23(28-5)10-8-20)22-13-18(3)26(29-6)19(4)14-22/h7-15,25H,1-6H3. The van der Waals surface area contributed by atoms with Crippen LogP contribution in [0.4, 0.5) is 0 Å². The molecule has 0 aliphatic carbocycles. The van der Waals surface area contributed by atoms with Gasteiger partial charge in [0.05, 0.1) is 14.2 Å². The van der Waals surface area contributed by atoms with Crippen LogP contribution in [0.1, 0.15) is 55.2 Å². The number of rotatable bonds is 6. The maximum atomic E-state index is 11.5. The second kappa shape index (κ2) is 8.52. The zero-order valence-corrected chi connectivity index (χ0v) is 18.0. The fourth-order valence-corrected chi connectivity index (χ4v) is 4.21. The first-order valence-corrected chi connectivity index (χ1v) is 9.75. The summed E-state index contributed by atoms with van der Waals surface area (Å²) >= 11 is 0. The van der Waals surface area contributed by atoms with Crippen molar-refractivity contribution in [1.29, 1.82) is 0 Å². The lowest BCUT2D eigenvalue weighted by Crippen LogP contribution is -2.07. The molecule has 3 heteroatoms. The summed E-state index contributed by atoms with van der Waals surface area (Å²) in [5.41, 5.74) is 8.52. The van der Waals surface area contributed by atoms with E-state index in [1.54, 1.807) is 14.2 Å². The lowest BCUT2D eigenvalue weighted by molar-refractivity contribution is 0.112. The molecule has 0 spiro atoms. The first-order chi connectivity index (χ1) is 13.9. The molecule has 0 aliphatic rings. The molecule has 1 atom stereocenters. The summed E-state index contributed by atoms with van der Waals surface area (Å²) in [7, 11) is 3.38. The third kappa shape index (κ3) is 4.04. The smallest absolute Gasteiger partial charge is 0.150 e. The summed E-state index contributed by atoms with van der Waals surface area (Å²) in [6.07, 6.45) is 0.943. The van der Waals surface area contributed by atoms with Crippen LogP contribution in [0.25, 0.3) is 0 Å². The fraction of sp³-hybridized carbons (Fsp3) is 0.269. The minimum Gasteiger partial charge on any atom is -0.497 e. The second-order valence-electron chi connectivity index (χ2n) is 7.58. The third-order valence-corrected chi connectivity index (χ3v) is 5.54. The molecule has 0 heterocycles. The second-order valence-corrected chi connectivity index (χ2v) is 7.58. The monoisotopic (exact) mass is 388 g/mol. The Bertz CT molecular complexity index is 986. The van der Waals surface area contributed by atoms with Gasteiger partial charge in [0, 0.05) is 11.5 Å². The maximum Gasteiger partial charge on any atom is 0.150 e. The molecule has 0 saturated heterocycles. The Hall–Kier alpha value is -3.07. The average Bonchev–Trinajstić information content (AvgIpc) is 2.68. The molecule has 3 aromatic rings. The van der Waals surface area contributed by atoms with E-state index >= 15 is 0 Å². The number of aryl methyl sites for hydroxylation is 4. The Morgan fingerprint density at radius 2 is 1.17 bits per heavy atom. The first-order valence-electron chi connectivity index (χ1n) is 9.75. The zero-order chi connectivity index (χ0) is 21.1. The molecular formula is C26H28O3. The van der Waals surface area contributed by atoms with Gasteiger partial charge in [-0.15, -0.1) is 0 Å². The minimum absolute atomic E-state index is 0.0438. The highest BCUT2D eigenvalue weighted by atomic mass is 16.5. The van der Waals surface area contributed by atoms with Crippen LogP contribution in [0, 0.1) is 27.7 Å². The van der Waals surface area contributed by atoms with Gasteiger partial charge in [-0.2, -0.15) is 0 Å². The Kier molecular flexibility index (Phi) is 6.07. The normalized spacial score (nSPS) is 11.8. The van der Waals surface area contributed by atoms with Gasteiger partial charge in [-0.1, -0.05) is 36.4 Å². The molecule has 3 rings (SSSR count). The van der Waals surface area contributed by atoms with Crippen molar-refractivity contribution in [3.8, 4) is 11.5 Å². The van der Waals surface area contributed by atoms with Gasteiger partial charge in [0.15, 0.2) is 6.29 Å². The van der Waals surface area contributed by atoms with Crippen LogP contribution in [0.15, 0.2) is 48.5 Å². The van der Waals surface area contributed by atoms with Crippen molar-refractivity contribution < 1.29 is 14.3 Å². The van der Waals surface area contributed by atoms with Gasteiger partial charge < -0.3 is 9.47 Å². The van der Waals surface area contributed by atoms with E-state index in [2.05, 4.69) is 50.2 Å². The summed E-state index contributed by atoms with van der Waals surface area (Å²) in [4.78, 5) is 11.5. The lowest BCUT2D eigenvalue weighted by Gasteiger charge is -2.23. The molecule has 3 aromatic carbocycles. The van der Waals surface area contributed by atoms with Crippen molar-refractivity contribution >= 4 is 6.29 Å². The molecule has 0 N–H and O–H groups in total. The number of methoxy groups -OCH3 is 2. The summed E-state index contributed by atoms with van der Waals surface area (Å²) in [6, 6.07) is 16.8. The van der Waals surface area contributed by atoms with Crippen LogP contribution in [0.3, 0.4) is 0 Å². The SMILES string of the molecule is COc1ccc(C(c2cc(C)c(C=O)c(C)c2)c2cc(C)c(OC)c(C)c2)cc1. The van der Waals surface area contributed by atoms with Gasteiger partial charge in [-0.3, -0.25) is 4.79 Å². The molecular weight excluding hydrogens is 360 g/mol. The van der Waals surface area contributed by atoms with E-state index in [0.717, 1.165) is 45.6 Å². The largest absolute Gasteiger partial charge is 0.497 e. The fourth-order valence-electron chi connectivity index (χ4n) is 4.21. The van der Waals surface area contributed by atoms with Crippen molar-refractivity contribution in [2.24, 2.45) is 0 Å². The van der Waals surface area contributed by atoms with E-state index in [0.29, 0.717) is 0 Å². The Balaban J connectivity index is 2.24. The molecule has 0 radical (unpaired) electrons. The van der Waals surface area contributed by atoms with E-state index in [-0.39, 0.29) is 5.92 Å². The third-order valence-electron chi connectivity index (χ3n) is 5.54. The topological polar surface area (TPSA) is 35.5 Å². The van der Waals surface area contributed by atoms with E-state index in [9.17, 15) is 4.79 Å². The average molecular weight is 389 g/mol. The molecule has 150 valence electrons. The molecule has 0 bridgehead atoms. The van der Waals surface area contributed by atoms with Crippen molar-refractivity contribution in [1.82, 2.24) is 0 Å². The number of hydrogen-bond acceptors (Lipinski definition) is 3. The van der Waals surface area contributed by atoms with Gasteiger partial charge in [-0.05, 0) is 78.8 Å². The predicted octanol–water partition coefficient (Wildman–Crippen LogP) is 5.93. The zero-order valence-electron chi connectivity index (χ0n) is 18.0. The molecule has 1 unspecified atom stereocenters. The van der Waals surface area contributed by atoms with Crippen LogP contribution in [0.2, 0.25) is 0 Å². The highest BCUT2D eigenvalue weighted by Gasteiger charge is 2.21. The minimum atomic E-state index is 0.0438. The number of ether oxygens (including phenoxy) is 2. The summed E-state index contributed by atoms with van der Waals surface area (Å²) in [5.74, 6) is 1.80. The molecule has 0 saturated carbocycles. The van der Waals surface area contributed by atoms with Crippen LogP contribution in [-0.2, 0) is 0 Å². The molecule has 0 amide bonds. The number of aldehydes is 1. The number of hydrogen-bond donors (Lipinski definition) is 0. The van der Waals surface area contributed by atoms with Gasteiger partial charge in [0.25, 0.3) is 0 Å². The van der Waals surface area contributed by atoms with Gasteiger partial charge >= 0.3 is 0 Å². The van der Waals surface area contributed by atoms with Crippen molar-refractivity contribution in [3.63, 3.8) is 0 Å². The van der Waals surface area contributed by atoms with Crippen molar-refractivity contribution in [2.75, 3.05) is 14.2 Å². The molecule has 0 fully saturated rings. The number of carbonyl (C=O) groups excluding carboxylic acids is 1. The van der Waals surface area contributed by atoms with E-state index in [1.807, 2.05) is 26.0 Å². The highest BCUT2D eigenvalue weighted by molar-refractivity contribution is 5.80. The highest BCUT2D eigenvalue weighted by Crippen LogP contribution is 2.37. The van der Waals surface area contributed by atoms with Gasteiger partial charge in [0.2, 0.25) is 0 Å². The van der Waals surface area contributed by atoms with E-state index in [4.69, 9.17) is 9.47 Å². The molecule has 0 aliphatic heterocycles. The first kappa shape index (κ1) is 20.7. The number of benzene rings is 3. The Labute approximate surface area is 173 Å². The van der Waals surface area contributed by atoms with Crippen molar-refractivity contribution in [2.45, 2.75) is 33.6 Å². The van der Waals surface area contributed by atoms with E-state index < -0.39 is 0 Å². The molecule has 0 aromatic heterocycles. The van der Waals surface area contributed by atoms with Crippen LogP contribution >= 0.6 is 0 Å². The molecule has 29 heavy (non-hydrogen) atoms. The van der Waals surface area contributed by atoms with Crippen LogP contribution in [0.5, 0.6) is 11.5 Å². The van der Waals surface area contributed by atoms with Gasteiger partial charge in [0.1, 0.15) is 11.5 Å².